The number of allylic oxidation sites excluding steroid dienone is 2. The summed E-state index contributed by atoms with van der Waals surface area (Å²) < 4.78 is 0.332. The lowest BCUT2D eigenvalue weighted by atomic mass is 9.95. The Bertz CT molecular complexity index is 347. The number of carboxylic acids is 1. The Morgan fingerprint density at radius 3 is 2.67 bits per heavy atom. The van der Waals surface area contributed by atoms with E-state index in [0.29, 0.717) is 10.9 Å². The van der Waals surface area contributed by atoms with Crippen LogP contribution in [0.5, 0.6) is 0 Å². The van der Waals surface area contributed by atoms with E-state index in [0.717, 1.165) is 19.3 Å². The van der Waals surface area contributed by atoms with E-state index in [-0.39, 0.29) is 24.3 Å². The Balaban J connectivity index is 2.76. The zero-order valence-electron chi connectivity index (χ0n) is 11.5. The molecule has 0 aromatic rings. The van der Waals surface area contributed by atoms with Gasteiger partial charge in [0.15, 0.2) is 0 Å². The van der Waals surface area contributed by atoms with Gasteiger partial charge in [0.05, 0.1) is 32.0 Å². The average molecular weight is 253 g/mol. The smallest absolute Gasteiger partial charge is 0.142 e. The Hall–Kier alpha value is -1.16. The number of carbonyl (C=O) groups excluding carboxylic acids is 2. The molecule has 4 nitrogen and oxygen atoms in total. The van der Waals surface area contributed by atoms with Gasteiger partial charge in [-0.25, -0.2) is 0 Å². The van der Waals surface area contributed by atoms with Gasteiger partial charge in [-0.15, -0.1) is 0 Å². The fraction of sp³-hybridized carbons (Fsp3) is 0.714. The van der Waals surface area contributed by atoms with Crippen LogP contribution in [0.4, 0.5) is 0 Å². The van der Waals surface area contributed by atoms with E-state index in [1.54, 1.807) is 0 Å². The van der Waals surface area contributed by atoms with Crippen LogP contribution in [-0.2, 0) is 9.59 Å². The van der Waals surface area contributed by atoms with Crippen molar-refractivity contribution in [3.8, 4) is 0 Å². The Morgan fingerprint density at radius 1 is 1.44 bits per heavy atom. The molecular formula is C14H23NO3. The molecule has 1 rings (SSSR count). The van der Waals surface area contributed by atoms with E-state index < -0.39 is 5.97 Å². The van der Waals surface area contributed by atoms with Crippen LogP contribution in [-0.4, -0.2) is 42.9 Å². The summed E-state index contributed by atoms with van der Waals surface area (Å²) in [4.78, 5) is 22.7. The third-order valence-corrected chi connectivity index (χ3v) is 3.79. The van der Waals surface area contributed by atoms with Gasteiger partial charge >= 0.3 is 0 Å². The number of quaternary nitrogens is 1. The number of Topliss-reactive ketones (excluding diaryl/α,β-unsaturated/α-hetero) is 1. The summed E-state index contributed by atoms with van der Waals surface area (Å²) in [5.41, 5.74) is 0. The zero-order chi connectivity index (χ0) is 13.8. The first-order chi connectivity index (χ1) is 8.38. The molecule has 0 bridgehead atoms. The van der Waals surface area contributed by atoms with Crippen LogP contribution in [0.1, 0.15) is 32.6 Å². The number of rotatable bonds is 6. The number of aliphatic carboxylic acids is 1. The number of carbonyl (C=O) groups is 2. The van der Waals surface area contributed by atoms with Crippen LogP contribution in [0.2, 0.25) is 0 Å². The second-order valence-corrected chi connectivity index (χ2v) is 5.60. The quantitative estimate of drug-likeness (QED) is 0.512. The maximum absolute atomic E-state index is 11.9. The molecule has 0 amide bonds. The molecule has 18 heavy (non-hydrogen) atoms. The molecule has 102 valence electrons. The van der Waals surface area contributed by atoms with Gasteiger partial charge in [0, 0.05) is 12.8 Å². The molecular weight excluding hydrogens is 230 g/mol. The fourth-order valence-corrected chi connectivity index (χ4v) is 2.88. The van der Waals surface area contributed by atoms with Gasteiger partial charge in [-0.3, -0.25) is 4.79 Å². The minimum atomic E-state index is -1.05. The van der Waals surface area contributed by atoms with Crippen LogP contribution in [0.25, 0.3) is 0 Å². The summed E-state index contributed by atoms with van der Waals surface area (Å²) >= 11 is 0. The third-order valence-electron chi connectivity index (χ3n) is 3.79. The van der Waals surface area contributed by atoms with E-state index >= 15 is 0 Å². The highest BCUT2D eigenvalue weighted by molar-refractivity contribution is 5.84. The molecule has 0 aromatic carbocycles. The molecule has 0 spiro atoms. The van der Waals surface area contributed by atoms with Crippen molar-refractivity contribution in [2.24, 2.45) is 5.92 Å². The standard InChI is InChI=1S/C14H23NO3/c1-4-5-6-7-11-12(8-9-13(11)16)15(2,3)10-14(17)18/h5-6,11-12H,4,7-10H2,1-3H3/b6-5-/t11-,12-/m0/s1. The lowest BCUT2D eigenvalue weighted by molar-refractivity contribution is -0.911. The molecule has 2 atom stereocenters. The fourth-order valence-electron chi connectivity index (χ4n) is 2.88. The topological polar surface area (TPSA) is 57.2 Å². The predicted octanol–water partition coefficient (Wildman–Crippen LogP) is 0.517. The van der Waals surface area contributed by atoms with Crippen LogP contribution in [0, 0.1) is 5.92 Å². The Labute approximate surface area is 109 Å². The maximum Gasteiger partial charge on any atom is 0.142 e. The highest BCUT2D eigenvalue weighted by atomic mass is 16.4. The van der Waals surface area contributed by atoms with Gasteiger partial charge in [-0.05, 0) is 12.8 Å². The third kappa shape index (κ3) is 3.67. The largest absolute Gasteiger partial charge is 0.544 e. The Kier molecular flexibility index (Phi) is 5.08. The van der Waals surface area contributed by atoms with Crippen molar-refractivity contribution >= 4 is 11.8 Å². The SMILES string of the molecule is CC/C=C\C[C@@H]1C(=O)CC[C@@H]1[N+](C)(C)CC(=O)[O-]. The number of hydrogen-bond donors (Lipinski definition) is 0. The normalized spacial score (nSPS) is 24.9. The highest BCUT2D eigenvalue weighted by Gasteiger charge is 2.43. The van der Waals surface area contributed by atoms with Gasteiger partial charge in [0.2, 0.25) is 0 Å². The highest BCUT2D eigenvalue weighted by Crippen LogP contribution is 2.32. The molecule has 0 heterocycles. The van der Waals surface area contributed by atoms with Crippen molar-refractivity contribution in [2.45, 2.75) is 38.6 Å². The minimum Gasteiger partial charge on any atom is -0.544 e. The maximum atomic E-state index is 11.9. The first-order valence-electron chi connectivity index (χ1n) is 6.58. The van der Waals surface area contributed by atoms with Gasteiger partial charge in [0.25, 0.3) is 0 Å². The van der Waals surface area contributed by atoms with Gasteiger partial charge in [0.1, 0.15) is 12.3 Å². The van der Waals surface area contributed by atoms with Gasteiger partial charge < -0.3 is 14.4 Å². The zero-order valence-corrected chi connectivity index (χ0v) is 11.5. The molecule has 0 N–H and O–H groups in total. The number of ketones is 1. The summed E-state index contributed by atoms with van der Waals surface area (Å²) in [6, 6.07) is 0.0944. The lowest BCUT2D eigenvalue weighted by Crippen LogP contribution is -2.56. The average Bonchev–Trinajstić information content (AvgIpc) is 2.60. The summed E-state index contributed by atoms with van der Waals surface area (Å²) in [5.74, 6) is -0.824. The second kappa shape index (κ2) is 6.14. The van der Waals surface area contributed by atoms with Gasteiger partial charge in [-0.1, -0.05) is 19.1 Å². The van der Waals surface area contributed by atoms with Crippen molar-refractivity contribution in [1.82, 2.24) is 0 Å². The van der Waals surface area contributed by atoms with Crippen LogP contribution in [0.15, 0.2) is 12.2 Å². The van der Waals surface area contributed by atoms with E-state index in [9.17, 15) is 14.7 Å². The van der Waals surface area contributed by atoms with Gasteiger partial charge in [-0.2, -0.15) is 0 Å². The lowest BCUT2D eigenvalue weighted by Gasteiger charge is -2.38. The van der Waals surface area contributed by atoms with Crippen molar-refractivity contribution in [1.29, 1.82) is 0 Å². The molecule has 1 saturated carbocycles. The second-order valence-electron chi connectivity index (χ2n) is 5.60. The first-order valence-corrected chi connectivity index (χ1v) is 6.58. The summed E-state index contributed by atoms with van der Waals surface area (Å²) in [7, 11) is 3.74. The molecule has 0 aromatic heterocycles. The summed E-state index contributed by atoms with van der Waals surface area (Å²) in [5, 5.41) is 10.8. The van der Waals surface area contributed by atoms with E-state index in [1.807, 2.05) is 20.2 Å². The van der Waals surface area contributed by atoms with Crippen LogP contribution in [0.3, 0.4) is 0 Å². The van der Waals surface area contributed by atoms with Crippen molar-refractivity contribution in [2.75, 3.05) is 20.6 Å². The van der Waals surface area contributed by atoms with Crippen molar-refractivity contribution in [3.63, 3.8) is 0 Å². The molecule has 0 unspecified atom stereocenters. The molecule has 0 aliphatic heterocycles. The van der Waals surface area contributed by atoms with Crippen LogP contribution >= 0.6 is 0 Å². The van der Waals surface area contributed by atoms with Crippen molar-refractivity contribution < 1.29 is 19.2 Å². The minimum absolute atomic E-state index is 0.0358. The molecule has 0 radical (unpaired) electrons. The van der Waals surface area contributed by atoms with E-state index in [1.165, 1.54) is 0 Å². The number of likely N-dealkylation sites (N-methyl/N-ethyl adjacent to an activating group) is 1. The predicted molar refractivity (Wildman–Crippen MR) is 67.5 cm³/mol. The van der Waals surface area contributed by atoms with E-state index in [4.69, 9.17) is 0 Å². The summed E-state index contributed by atoms with van der Waals surface area (Å²) in [6.07, 6.45) is 7.14. The number of carboxylic acid groups (broad SMARTS) is 1. The summed E-state index contributed by atoms with van der Waals surface area (Å²) in [6.45, 7) is 2.02. The number of hydrogen-bond acceptors (Lipinski definition) is 3. The van der Waals surface area contributed by atoms with Crippen molar-refractivity contribution in [3.05, 3.63) is 12.2 Å². The number of nitrogens with zero attached hydrogens (tertiary/aromatic N) is 1. The molecule has 1 fully saturated rings. The Morgan fingerprint density at radius 2 is 2.11 bits per heavy atom. The first kappa shape index (κ1) is 14.9. The molecule has 1 aliphatic carbocycles. The van der Waals surface area contributed by atoms with E-state index in [2.05, 4.69) is 13.0 Å². The molecule has 4 heteroatoms. The van der Waals surface area contributed by atoms with Crippen LogP contribution < -0.4 is 5.11 Å². The molecule has 1 aliphatic rings. The molecule has 0 saturated heterocycles. The monoisotopic (exact) mass is 253 g/mol.